The van der Waals surface area contributed by atoms with E-state index in [9.17, 15) is 0 Å². The predicted molar refractivity (Wildman–Crippen MR) is 74.8 cm³/mol. The molecule has 0 saturated carbocycles. The van der Waals surface area contributed by atoms with E-state index in [-0.39, 0.29) is 0 Å². The molecule has 0 aliphatic carbocycles. The number of rotatable bonds is 1. The van der Waals surface area contributed by atoms with Crippen LogP contribution < -0.4 is 10.6 Å². The van der Waals surface area contributed by atoms with E-state index in [1.165, 1.54) is 25.9 Å². The average Bonchev–Trinajstić information content (AvgIpc) is 2.77. The van der Waals surface area contributed by atoms with Crippen LogP contribution >= 0.6 is 0 Å². The van der Waals surface area contributed by atoms with Gasteiger partial charge >= 0.3 is 0 Å². The molecule has 1 unspecified atom stereocenters. The minimum Gasteiger partial charge on any atom is -0.396 e. The van der Waals surface area contributed by atoms with E-state index in [1.807, 2.05) is 6.07 Å². The second-order valence-electron chi connectivity index (χ2n) is 5.35. The molecule has 0 bridgehead atoms. The van der Waals surface area contributed by atoms with Gasteiger partial charge in [-0.1, -0.05) is 0 Å². The summed E-state index contributed by atoms with van der Waals surface area (Å²) in [5, 5.41) is 9.03. The van der Waals surface area contributed by atoms with Crippen LogP contribution in [0.3, 0.4) is 0 Å². The van der Waals surface area contributed by atoms with Crippen molar-refractivity contribution >= 4 is 11.5 Å². The van der Waals surface area contributed by atoms with Crippen molar-refractivity contribution in [3.05, 3.63) is 17.8 Å². The van der Waals surface area contributed by atoms with Crippen LogP contribution in [0, 0.1) is 11.3 Å². The van der Waals surface area contributed by atoms with Gasteiger partial charge in [0.05, 0.1) is 5.69 Å². The minimum absolute atomic E-state index is 0.338. The van der Waals surface area contributed by atoms with Gasteiger partial charge in [0, 0.05) is 25.7 Å². The normalized spacial score (nSPS) is 23.7. The molecule has 100 valence electrons. The zero-order valence-electron chi connectivity index (χ0n) is 11.0. The summed E-state index contributed by atoms with van der Waals surface area (Å²) in [6.07, 6.45) is 3.73. The maximum absolute atomic E-state index is 9.03. The zero-order chi connectivity index (χ0) is 13.2. The van der Waals surface area contributed by atoms with Gasteiger partial charge in [-0.15, -0.1) is 0 Å². The Morgan fingerprint density at radius 2 is 2.11 bits per heavy atom. The number of hydrogen-bond donors (Lipinski definition) is 1. The molecule has 3 rings (SSSR count). The molecular weight excluding hydrogens is 238 g/mol. The molecule has 0 spiro atoms. The minimum atomic E-state index is 0.338. The van der Waals surface area contributed by atoms with Crippen molar-refractivity contribution in [2.75, 3.05) is 36.8 Å². The smallest absolute Gasteiger partial charge is 0.165 e. The van der Waals surface area contributed by atoms with Crippen LogP contribution in [-0.4, -0.2) is 42.1 Å². The van der Waals surface area contributed by atoms with Gasteiger partial charge in [-0.2, -0.15) is 5.26 Å². The largest absolute Gasteiger partial charge is 0.396 e. The molecule has 3 heterocycles. The van der Waals surface area contributed by atoms with Crippen LogP contribution in [0.5, 0.6) is 0 Å². The zero-order valence-corrected chi connectivity index (χ0v) is 11.0. The van der Waals surface area contributed by atoms with Gasteiger partial charge < -0.3 is 10.6 Å². The lowest BCUT2D eigenvalue weighted by Gasteiger charge is -2.26. The third-order valence-electron chi connectivity index (χ3n) is 4.15. The third kappa shape index (κ3) is 2.36. The van der Waals surface area contributed by atoms with E-state index in [1.54, 1.807) is 6.07 Å². The fraction of sp³-hybridized carbons (Fsp3) is 0.571. The number of hydrogen-bond acceptors (Lipinski definition) is 5. The molecule has 0 amide bonds. The molecule has 2 aliphatic heterocycles. The molecule has 2 N–H and O–H groups in total. The molecule has 5 heteroatoms. The molecule has 1 aromatic rings. The number of fused-ring (bicyclic) bond motifs is 1. The quantitative estimate of drug-likeness (QED) is 0.819. The highest BCUT2D eigenvalue weighted by Crippen LogP contribution is 2.25. The summed E-state index contributed by atoms with van der Waals surface area (Å²) >= 11 is 0. The lowest BCUT2D eigenvalue weighted by atomic mass is 10.2. The van der Waals surface area contributed by atoms with Gasteiger partial charge in [0.25, 0.3) is 0 Å². The summed E-state index contributed by atoms with van der Waals surface area (Å²) in [5.74, 6) is 0.888. The second kappa shape index (κ2) is 5.06. The second-order valence-corrected chi connectivity index (χ2v) is 5.35. The van der Waals surface area contributed by atoms with E-state index >= 15 is 0 Å². The number of nitriles is 1. The maximum atomic E-state index is 9.03. The Labute approximate surface area is 113 Å². The predicted octanol–water partition coefficient (Wildman–Crippen LogP) is 1.21. The number of anilines is 2. The number of nitrogens with two attached hydrogens (primary N) is 1. The fourth-order valence-corrected chi connectivity index (χ4v) is 3.14. The third-order valence-corrected chi connectivity index (χ3v) is 4.15. The molecule has 2 aliphatic rings. The van der Waals surface area contributed by atoms with E-state index in [4.69, 9.17) is 11.0 Å². The van der Waals surface area contributed by atoms with Gasteiger partial charge in [-0.25, -0.2) is 4.98 Å². The summed E-state index contributed by atoms with van der Waals surface area (Å²) in [5.41, 5.74) is 6.53. The summed E-state index contributed by atoms with van der Waals surface area (Å²) in [6, 6.07) is 6.43. The Kier molecular flexibility index (Phi) is 3.26. The van der Waals surface area contributed by atoms with Crippen LogP contribution in [-0.2, 0) is 0 Å². The molecule has 1 aromatic heterocycles. The van der Waals surface area contributed by atoms with Gasteiger partial charge in [-0.3, -0.25) is 4.90 Å². The van der Waals surface area contributed by atoms with Gasteiger partial charge in [-0.05, 0) is 37.9 Å². The van der Waals surface area contributed by atoms with E-state index in [2.05, 4.69) is 20.9 Å². The molecule has 2 fully saturated rings. The highest BCUT2D eigenvalue weighted by atomic mass is 15.3. The molecule has 1 atom stereocenters. The first-order valence-corrected chi connectivity index (χ1v) is 6.93. The van der Waals surface area contributed by atoms with Crippen LogP contribution in [0.25, 0.3) is 0 Å². The topological polar surface area (TPSA) is 69.2 Å². The Bertz CT molecular complexity index is 507. The first-order valence-electron chi connectivity index (χ1n) is 6.93. The number of aromatic nitrogens is 1. The Morgan fingerprint density at radius 3 is 2.95 bits per heavy atom. The highest BCUT2D eigenvalue weighted by Gasteiger charge is 2.29. The standard InChI is InChI=1S/C14H19N5/c15-9-13-12(16)4-5-14(17-13)19-8-2-7-18-6-1-3-11(18)10-19/h4-5,11H,1-3,6-8,10,16H2. The Morgan fingerprint density at radius 1 is 1.26 bits per heavy atom. The molecule has 5 nitrogen and oxygen atoms in total. The van der Waals surface area contributed by atoms with Crippen LogP contribution in [0.4, 0.5) is 11.5 Å². The molecule has 2 saturated heterocycles. The van der Waals surface area contributed by atoms with E-state index in [0.717, 1.165) is 25.3 Å². The van der Waals surface area contributed by atoms with Crippen LogP contribution in [0.1, 0.15) is 25.0 Å². The fourth-order valence-electron chi connectivity index (χ4n) is 3.14. The lowest BCUT2D eigenvalue weighted by Crippen LogP contribution is -2.37. The van der Waals surface area contributed by atoms with Crippen molar-refractivity contribution in [3.63, 3.8) is 0 Å². The summed E-state index contributed by atoms with van der Waals surface area (Å²) in [6.45, 7) is 4.44. The Balaban J connectivity index is 1.83. The Hall–Kier alpha value is -1.80. The van der Waals surface area contributed by atoms with Crippen LogP contribution in [0.2, 0.25) is 0 Å². The summed E-state index contributed by atoms with van der Waals surface area (Å²) < 4.78 is 0. The van der Waals surface area contributed by atoms with E-state index in [0.29, 0.717) is 17.4 Å². The maximum Gasteiger partial charge on any atom is 0.165 e. The summed E-state index contributed by atoms with van der Waals surface area (Å²) in [4.78, 5) is 9.28. The van der Waals surface area contributed by atoms with Gasteiger partial charge in [0.2, 0.25) is 0 Å². The molecule has 0 radical (unpaired) electrons. The van der Waals surface area contributed by atoms with Crippen molar-refractivity contribution in [3.8, 4) is 6.07 Å². The van der Waals surface area contributed by atoms with Crippen molar-refractivity contribution in [1.29, 1.82) is 5.26 Å². The highest BCUT2D eigenvalue weighted by molar-refractivity contribution is 5.55. The summed E-state index contributed by atoms with van der Waals surface area (Å²) in [7, 11) is 0. The van der Waals surface area contributed by atoms with Crippen LogP contribution in [0.15, 0.2) is 12.1 Å². The lowest BCUT2D eigenvalue weighted by molar-refractivity contribution is 0.273. The first-order chi connectivity index (χ1) is 9.28. The average molecular weight is 257 g/mol. The van der Waals surface area contributed by atoms with Crippen molar-refractivity contribution in [1.82, 2.24) is 9.88 Å². The number of nitrogen functional groups attached to an aromatic ring is 1. The monoisotopic (exact) mass is 257 g/mol. The van der Waals surface area contributed by atoms with Crippen molar-refractivity contribution < 1.29 is 0 Å². The van der Waals surface area contributed by atoms with Crippen molar-refractivity contribution in [2.24, 2.45) is 0 Å². The van der Waals surface area contributed by atoms with Gasteiger partial charge in [0.1, 0.15) is 11.9 Å². The van der Waals surface area contributed by atoms with Gasteiger partial charge in [0.15, 0.2) is 5.69 Å². The SMILES string of the molecule is N#Cc1nc(N2CCCN3CCCC3C2)ccc1N. The van der Waals surface area contributed by atoms with Crippen molar-refractivity contribution in [2.45, 2.75) is 25.3 Å². The van der Waals surface area contributed by atoms with E-state index < -0.39 is 0 Å². The first kappa shape index (κ1) is 12.2. The molecular formula is C14H19N5. The number of nitrogens with zero attached hydrogens (tertiary/aromatic N) is 4. The molecule has 0 aromatic carbocycles. The molecule has 19 heavy (non-hydrogen) atoms. The number of pyridine rings is 1.